The minimum Gasteiger partial charge on any atom is -0.457 e. The molecule has 9 heteroatoms. The van der Waals surface area contributed by atoms with E-state index < -0.39 is 0 Å². The molecule has 0 unspecified atom stereocenters. The summed E-state index contributed by atoms with van der Waals surface area (Å²) < 4.78 is 5.85. The maximum absolute atomic E-state index is 12.2. The van der Waals surface area contributed by atoms with Gasteiger partial charge >= 0.3 is 0 Å². The quantitative estimate of drug-likeness (QED) is 0.199. The standard InChI is InChI=1S/C30H20Cl4N2O3/c31-21-5-1-19(27(33)17-21)3-15-29(37)35-23-7-11-25(12-8-23)39-26-13-9-24(10-14-26)36-30(38)16-4-20-2-6-22(32)18-28(20)34/h1-18H,(H,35,37)(H,36,38)/b15-3+,16-4+. The molecule has 0 saturated carbocycles. The molecule has 0 radical (unpaired) electrons. The van der Waals surface area contributed by atoms with Crippen LogP contribution in [0, 0.1) is 0 Å². The maximum Gasteiger partial charge on any atom is 0.248 e. The van der Waals surface area contributed by atoms with E-state index in [2.05, 4.69) is 10.6 Å². The van der Waals surface area contributed by atoms with Crippen LogP contribution in [0.5, 0.6) is 11.5 Å². The van der Waals surface area contributed by atoms with Gasteiger partial charge in [0.1, 0.15) is 11.5 Å². The normalized spacial score (nSPS) is 11.1. The Bertz CT molecular complexity index is 1430. The molecule has 196 valence electrons. The Morgan fingerprint density at radius 3 is 1.31 bits per heavy atom. The predicted octanol–water partition coefficient (Wildman–Crippen LogP) is 9.40. The minimum atomic E-state index is -0.307. The second-order valence-corrected chi connectivity index (χ2v) is 9.81. The molecule has 4 aromatic rings. The average molecular weight is 598 g/mol. The zero-order valence-corrected chi connectivity index (χ0v) is 23.2. The number of amides is 2. The van der Waals surface area contributed by atoms with Gasteiger partial charge in [0.05, 0.1) is 0 Å². The van der Waals surface area contributed by atoms with Gasteiger partial charge in [-0.25, -0.2) is 0 Å². The molecule has 0 fully saturated rings. The second kappa shape index (κ2) is 13.4. The van der Waals surface area contributed by atoms with E-state index in [1.54, 1.807) is 97.1 Å². The van der Waals surface area contributed by atoms with E-state index in [-0.39, 0.29) is 11.8 Å². The lowest BCUT2D eigenvalue weighted by Crippen LogP contribution is -2.07. The van der Waals surface area contributed by atoms with E-state index in [1.807, 2.05) is 0 Å². The van der Waals surface area contributed by atoms with E-state index in [4.69, 9.17) is 51.1 Å². The molecule has 0 aliphatic heterocycles. The van der Waals surface area contributed by atoms with Crippen molar-refractivity contribution < 1.29 is 14.3 Å². The van der Waals surface area contributed by atoms with E-state index in [1.165, 1.54) is 12.2 Å². The summed E-state index contributed by atoms with van der Waals surface area (Å²) in [5, 5.41) is 7.52. The number of ether oxygens (including phenoxy) is 1. The molecule has 2 amide bonds. The first-order valence-corrected chi connectivity index (χ1v) is 13.0. The molecule has 0 spiro atoms. The van der Waals surface area contributed by atoms with Crippen LogP contribution in [-0.2, 0) is 9.59 Å². The van der Waals surface area contributed by atoms with Crippen molar-refractivity contribution in [2.75, 3.05) is 10.6 Å². The number of halogens is 4. The van der Waals surface area contributed by atoms with Gasteiger partial charge in [-0.2, -0.15) is 0 Å². The highest BCUT2D eigenvalue weighted by atomic mass is 35.5. The number of rotatable bonds is 8. The average Bonchev–Trinajstić information content (AvgIpc) is 2.90. The van der Waals surface area contributed by atoms with Crippen LogP contribution < -0.4 is 15.4 Å². The number of hydrogen-bond donors (Lipinski definition) is 2. The fourth-order valence-electron chi connectivity index (χ4n) is 3.32. The third-order valence-electron chi connectivity index (χ3n) is 5.23. The van der Waals surface area contributed by atoms with Gasteiger partial charge in [0.25, 0.3) is 0 Å². The SMILES string of the molecule is O=C(/C=C/c1ccc(Cl)cc1Cl)Nc1ccc(Oc2ccc(NC(=O)/C=C/c3ccc(Cl)cc3Cl)cc2)cc1. The zero-order chi connectivity index (χ0) is 27.8. The van der Waals surface area contributed by atoms with Gasteiger partial charge in [-0.05, 0) is 96.1 Å². The monoisotopic (exact) mass is 596 g/mol. The molecule has 0 aliphatic rings. The van der Waals surface area contributed by atoms with E-state index >= 15 is 0 Å². The van der Waals surface area contributed by atoms with E-state index in [0.29, 0.717) is 54.1 Å². The number of carbonyl (C=O) groups is 2. The van der Waals surface area contributed by atoms with Crippen molar-refractivity contribution in [3.63, 3.8) is 0 Å². The summed E-state index contributed by atoms with van der Waals surface area (Å²) in [5.41, 5.74) is 2.57. The molecule has 39 heavy (non-hydrogen) atoms. The van der Waals surface area contributed by atoms with Crippen LogP contribution >= 0.6 is 46.4 Å². The van der Waals surface area contributed by atoms with Gasteiger partial charge in [0.2, 0.25) is 11.8 Å². The molecule has 0 heterocycles. The molecule has 5 nitrogen and oxygen atoms in total. The number of nitrogens with one attached hydrogen (secondary N) is 2. The third-order valence-corrected chi connectivity index (χ3v) is 6.36. The highest BCUT2D eigenvalue weighted by molar-refractivity contribution is 6.36. The van der Waals surface area contributed by atoms with Crippen molar-refractivity contribution in [2.45, 2.75) is 0 Å². The van der Waals surface area contributed by atoms with E-state index in [9.17, 15) is 9.59 Å². The van der Waals surface area contributed by atoms with Crippen molar-refractivity contribution in [1.82, 2.24) is 0 Å². The van der Waals surface area contributed by atoms with Crippen molar-refractivity contribution in [2.24, 2.45) is 0 Å². The summed E-state index contributed by atoms with van der Waals surface area (Å²) in [5.74, 6) is 0.545. The van der Waals surface area contributed by atoms with Gasteiger partial charge < -0.3 is 15.4 Å². The summed E-state index contributed by atoms with van der Waals surface area (Å²) in [7, 11) is 0. The Balaban J connectivity index is 1.28. The van der Waals surface area contributed by atoms with E-state index in [0.717, 1.165) is 0 Å². The van der Waals surface area contributed by atoms with Crippen molar-refractivity contribution in [1.29, 1.82) is 0 Å². The zero-order valence-electron chi connectivity index (χ0n) is 20.1. The van der Waals surface area contributed by atoms with Gasteiger partial charge in [-0.1, -0.05) is 58.5 Å². The predicted molar refractivity (Wildman–Crippen MR) is 161 cm³/mol. The van der Waals surface area contributed by atoms with Crippen LogP contribution in [-0.4, -0.2) is 11.8 Å². The number of benzene rings is 4. The molecule has 0 saturated heterocycles. The smallest absolute Gasteiger partial charge is 0.248 e. The fraction of sp³-hybridized carbons (Fsp3) is 0. The number of carbonyl (C=O) groups excluding carboxylic acids is 2. The summed E-state index contributed by atoms with van der Waals surface area (Å²) in [4.78, 5) is 24.5. The van der Waals surface area contributed by atoms with Crippen LogP contribution in [0.1, 0.15) is 11.1 Å². The molecule has 0 atom stereocenters. The molecular weight excluding hydrogens is 578 g/mol. The molecule has 4 aromatic carbocycles. The summed E-state index contributed by atoms with van der Waals surface area (Å²) in [6.45, 7) is 0. The summed E-state index contributed by atoms with van der Waals surface area (Å²) in [6.07, 6.45) is 6.01. The topological polar surface area (TPSA) is 67.4 Å². The molecular formula is C30H20Cl4N2O3. The molecule has 4 rings (SSSR count). The van der Waals surface area contributed by atoms with Gasteiger partial charge in [-0.15, -0.1) is 0 Å². The number of anilines is 2. The Kier molecular flexibility index (Phi) is 9.69. The highest BCUT2D eigenvalue weighted by Gasteiger charge is 2.04. The number of hydrogen-bond acceptors (Lipinski definition) is 3. The van der Waals surface area contributed by atoms with Gasteiger partial charge in [0, 0.05) is 43.6 Å². The lowest BCUT2D eigenvalue weighted by molar-refractivity contribution is -0.112. The van der Waals surface area contributed by atoms with Crippen LogP contribution in [0.3, 0.4) is 0 Å². The first-order chi connectivity index (χ1) is 18.7. The van der Waals surface area contributed by atoms with Crippen molar-refractivity contribution >= 4 is 81.7 Å². The first-order valence-electron chi connectivity index (χ1n) is 11.5. The van der Waals surface area contributed by atoms with Crippen LogP contribution in [0.4, 0.5) is 11.4 Å². The van der Waals surface area contributed by atoms with Crippen LogP contribution in [0.2, 0.25) is 20.1 Å². The van der Waals surface area contributed by atoms with Gasteiger partial charge in [-0.3, -0.25) is 9.59 Å². The van der Waals surface area contributed by atoms with Crippen molar-refractivity contribution in [3.8, 4) is 11.5 Å². The fourth-order valence-corrected chi connectivity index (χ4v) is 4.26. The van der Waals surface area contributed by atoms with Crippen LogP contribution in [0.15, 0.2) is 97.1 Å². The third kappa shape index (κ3) is 8.63. The summed E-state index contributed by atoms with van der Waals surface area (Å²) in [6, 6.07) is 23.9. The molecule has 0 aromatic heterocycles. The lowest BCUT2D eigenvalue weighted by atomic mass is 10.2. The molecule has 0 aliphatic carbocycles. The summed E-state index contributed by atoms with van der Waals surface area (Å²) >= 11 is 24.0. The molecule has 2 N–H and O–H groups in total. The Morgan fingerprint density at radius 1 is 0.564 bits per heavy atom. The lowest BCUT2D eigenvalue weighted by Gasteiger charge is -2.08. The Labute approximate surface area is 245 Å². The second-order valence-electron chi connectivity index (χ2n) is 8.13. The van der Waals surface area contributed by atoms with Gasteiger partial charge in [0.15, 0.2) is 0 Å². The van der Waals surface area contributed by atoms with Crippen molar-refractivity contribution in [3.05, 3.63) is 128 Å². The Hall–Kier alpha value is -3.74. The highest BCUT2D eigenvalue weighted by Crippen LogP contribution is 2.26. The Morgan fingerprint density at radius 2 is 0.949 bits per heavy atom. The maximum atomic E-state index is 12.2. The minimum absolute atomic E-state index is 0.307. The largest absolute Gasteiger partial charge is 0.457 e. The molecule has 0 bridgehead atoms. The van der Waals surface area contributed by atoms with Crippen LogP contribution in [0.25, 0.3) is 12.2 Å². The first kappa shape index (κ1) is 28.3.